The summed E-state index contributed by atoms with van der Waals surface area (Å²) in [5.74, 6) is 0.910. The Balaban J connectivity index is 1.76. The molecule has 0 spiro atoms. The van der Waals surface area contributed by atoms with E-state index in [-0.39, 0.29) is 12.4 Å². The number of nitrogens with zero attached hydrogens (tertiary/aromatic N) is 2. The molecule has 33 heavy (non-hydrogen) atoms. The van der Waals surface area contributed by atoms with Crippen molar-refractivity contribution in [3.8, 4) is 34.1 Å². The average molecular weight is 444 g/mol. The van der Waals surface area contributed by atoms with E-state index in [1.54, 1.807) is 12.1 Å². The molecule has 1 aromatic heterocycles. The maximum atomic E-state index is 10.3. The molecule has 0 unspecified atom stereocenters. The van der Waals surface area contributed by atoms with Gasteiger partial charge in [0, 0.05) is 30.9 Å². The summed E-state index contributed by atoms with van der Waals surface area (Å²) in [5.41, 5.74) is 6.49. The van der Waals surface area contributed by atoms with Crippen LogP contribution in [0.4, 0.5) is 5.69 Å². The van der Waals surface area contributed by atoms with Crippen LogP contribution in [0, 0.1) is 0 Å². The largest absolute Gasteiger partial charge is 0.504 e. The molecule has 0 bridgehead atoms. The highest BCUT2D eigenvalue weighted by Gasteiger charge is 2.17. The summed E-state index contributed by atoms with van der Waals surface area (Å²) in [7, 11) is 5.53. The predicted octanol–water partition coefficient (Wildman–Crippen LogP) is 4.80. The standard InChI is InChI=1S/C27H29N3O3/c1-30(2)22-12-10-19(11-13-22)25-23(14-9-18-7-5-4-6-8-18)28-27(29-25)20-15-21(17-31)26(32)24(16-20)33-3/h4-8,10-13,15-16,31-32H,9,14,17H2,1-3H3,(H,28,29). The number of hydrogen-bond acceptors (Lipinski definition) is 5. The first kappa shape index (κ1) is 22.4. The van der Waals surface area contributed by atoms with Gasteiger partial charge in [0.1, 0.15) is 5.82 Å². The molecule has 0 radical (unpaired) electrons. The van der Waals surface area contributed by atoms with E-state index >= 15 is 0 Å². The highest BCUT2D eigenvalue weighted by Crippen LogP contribution is 2.36. The monoisotopic (exact) mass is 443 g/mol. The van der Waals surface area contributed by atoms with Gasteiger partial charge in [-0.25, -0.2) is 4.98 Å². The third kappa shape index (κ3) is 4.86. The number of aryl methyl sites for hydroxylation is 2. The average Bonchev–Trinajstić information content (AvgIpc) is 3.28. The predicted molar refractivity (Wildman–Crippen MR) is 132 cm³/mol. The number of imidazole rings is 1. The van der Waals surface area contributed by atoms with Crippen LogP contribution in [-0.4, -0.2) is 41.4 Å². The summed E-state index contributed by atoms with van der Waals surface area (Å²) in [4.78, 5) is 10.5. The number of rotatable bonds is 8. The molecule has 0 saturated heterocycles. The molecule has 4 rings (SSSR count). The molecule has 0 aliphatic carbocycles. The van der Waals surface area contributed by atoms with E-state index in [4.69, 9.17) is 9.72 Å². The molecule has 1 heterocycles. The van der Waals surface area contributed by atoms with E-state index in [1.165, 1.54) is 12.7 Å². The Morgan fingerprint density at radius 2 is 1.67 bits per heavy atom. The van der Waals surface area contributed by atoms with Crippen molar-refractivity contribution in [1.29, 1.82) is 0 Å². The van der Waals surface area contributed by atoms with Crippen LogP contribution in [0.15, 0.2) is 66.7 Å². The molecule has 170 valence electrons. The fourth-order valence-corrected chi connectivity index (χ4v) is 3.88. The number of ether oxygens (including phenoxy) is 1. The van der Waals surface area contributed by atoms with Gasteiger partial charge >= 0.3 is 0 Å². The Morgan fingerprint density at radius 3 is 2.30 bits per heavy atom. The zero-order valence-corrected chi connectivity index (χ0v) is 19.2. The van der Waals surface area contributed by atoms with Gasteiger partial charge in [0.2, 0.25) is 0 Å². The summed E-state index contributed by atoms with van der Waals surface area (Å²) in [6, 6.07) is 22.2. The number of methoxy groups -OCH3 is 1. The molecule has 0 aliphatic rings. The van der Waals surface area contributed by atoms with E-state index in [1.807, 2.05) is 32.3 Å². The van der Waals surface area contributed by atoms with E-state index in [9.17, 15) is 10.2 Å². The number of hydrogen-bond donors (Lipinski definition) is 3. The molecular weight excluding hydrogens is 414 g/mol. The highest BCUT2D eigenvalue weighted by molar-refractivity contribution is 5.71. The lowest BCUT2D eigenvalue weighted by Gasteiger charge is -2.12. The zero-order chi connectivity index (χ0) is 23.4. The van der Waals surface area contributed by atoms with E-state index < -0.39 is 0 Å². The fourth-order valence-electron chi connectivity index (χ4n) is 3.88. The molecular formula is C27H29N3O3. The van der Waals surface area contributed by atoms with Crippen LogP contribution in [0.25, 0.3) is 22.6 Å². The first-order valence-electron chi connectivity index (χ1n) is 10.9. The topological polar surface area (TPSA) is 81.6 Å². The van der Waals surface area contributed by atoms with Crippen LogP contribution < -0.4 is 9.64 Å². The zero-order valence-electron chi connectivity index (χ0n) is 19.2. The second-order valence-corrected chi connectivity index (χ2v) is 8.18. The number of benzene rings is 3. The second kappa shape index (κ2) is 9.79. The van der Waals surface area contributed by atoms with Crippen molar-refractivity contribution in [3.63, 3.8) is 0 Å². The van der Waals surface area contributed by atoms with Crippen LogP contribution in [0.1, 0.15) is 16.8 Å². The lowest BCUT2D eigenvalue weighted by molar-refractivity contribution is 0.272. The molecule has 0 amide bonds. The lowest BCUT2D eigenvalue weighted by atomic mass is 10.0. The molecule has 0 atom stereocenters. The third-order valence-corrected chi connectivity index (χ3v) is 5.76. The molecule has 6 heteroatoms. The Labute approximate surface area is 194 Å². The minimum Gasteiger partial charge on any atom is -0.504 e. The van der Waals surface area contributed by atoms with E-state index in [2.05, 4.69) is 46.3 Å². The normalized spacial score (nSPS) is 10.9. The second-order valence-electron chi connectivity index (χ2n) is 8.18. The van der Waals surface area contributed by atoms with Gasteiger partial charge < -0.3 is 24.8 Å². The van der Waals surface area contributed by atoms with Crippen LogP contribution in [0.5, 0.6) is 11.5 Å². The maximum Gasteiger partial charge on any atom is 0.163 e. The molecule has 4 aromatic rings. The van der Waals surface area contributed by atoms with Crippen LogP contribution in [0.2, 0.25) is 0 Å². The number of phenols is 1. The van der Waals surface area contributed by atoms with Gasteiger partial charge in [-0.05, 0) is 48.2 Å². The summed E-state index contributed by atoms with van der Waals surface area (Å²) >= 11 is 0. The van der Waals surface area contributed by atoms with Gasteiger partial charge in [-0.1, -0.05) is 42.5 Å². The van der Waals surface area contributed by atoms with Crippen molar-refractivity contribution in [2.75, 3.05) is 26.1 Å². The number of anilines is 1. The van der Waals surface area contributed by atoms with Crippen LogP contribution >= 0.6 is 0 Å². The molecule has 0 saturated carbocycles. The molecule has 3 aromatic carbocycles. The summed E-state index contributed by atoms with van der Waals surface area (Å²) in [6.45, 7) is -0.295. The van der Waals surface area contributed by atoms with E-state index in [0.717, 1.165) is 41.0 Å². The minimum absolute atomic E-state index is 0.0564. The van der Waals surface area contributed by atoms with Gasteiger partial charge in [-0.3, -0.25) is 0 Å². The van der Waals surface area contributed by atoms with Gasteiger partial charge in [-0.2, -0.15) is 0 Å². The fraction of sp³-hybridized carbons (Fsp3) is 0.222. The summed E-state index contributed by atoms with van der Waals surface area (Å²) < 4.78 is 5.30. The molecule has 0 fully saturated rings. The highest BCUT2D eigenvalue weighted by atomic mass is 16.5. The Kier molecular flexibility index (Phi) is 6.66. The van der Waals surface area contributed by atoms with Crippen molar-refractivity contribution in [2.45, 2.75) is 19.4 Å². The smallest absolute Gasteiger partial charge is 0.163 e. The van der Waals surface area contributed by atoms with Gasteiger partial charge in [-0.15, -0.1) is 0 Å². The number of aromatic nitrogens is 2. The Bertz CT molecular complexity index is 1190. The van der Waals surface area contributed by atoms with Crippen molar-refractivity contribution in [2.24, 2.45) is 0 Å². The van der Waals surface area contributed by atoms with E-state index in [0.29, 0.717) is 17.1 Å². The number of aromatic amines is 1. The SMILES string of the molecule is COc1cc(-c2nc(CCc3ccccc3)c(-c3ccc(N(C)C)cc3)[nH]2)cc(CO)c1O. The summed E-state index contributed by atoms with van der Waals surface area (Å²) in [6.07, 6.45) is 1.64. The lowest BCUT2D eigenvalue weighted by Crippen LogP contribution is -2.07. The van der Waals surface area contributed by atoms with Crippen LogP contribution in [0.3, 0.4) is 0 Å². The maximum absolute atomic E-state index is 10.3. The Hall–Kier alpha value is -3.77. The molecule has 3 N–H and O–H groups in total. The van der Waals surface area contributed by atoms with Crippen LogP contribution in [-0.2, 0) is 19.4 Å². The van der Waals surface area contributed by atoms with Crippen molar-refractivity contribution < 1.29 is 14.9 Å². The summed E-state index contributed by atoms with van der Waals surface area (Å²) in [5, 5.41) is 19.9. The molecule has 6 nitrogen and oxygen atoms in total. The Morgan fingerprint density at radius 1 is 0.939 bits per heavy atom. The van der Waals surface area contributed by atoms with Gasteiger partial charge in [0.05, 0.1) is 25.1 Å². The third-order valence-electron chi connectivity index (χ3n) is 5.76. The first-order chi connectivity index (χ1) is 16.0. The number of nitrogens with one attached hydrogen (secondary N) is 1. The minimum atomic E-state index is -0.295. The van der Waals surface area contributed by atoms with Gasteiger partial charge in [0.15, 0.2) is 11.5 Å². The number of H-pyrrole nitrogens is 1. The quantitative estimate of drug-likeness (QED) is 0.364. The first-order valence-corrected chi connectivity index (χ1v) is 10.9. The van der Waals surface area contributed by atoms with Crippen molar-refractivity contribution in [3.05, 3.63) is 83.6 Å². The number of aliphatic hydroxyl groups excluding tert-OH is 1. The number of aliphatic hydroxyl groups is 1. The number of aromatic hydroxyl groups is 1. The van der Waals surface area contributed by atoms with Gasteiger partial charge in [0.25, 0.3) is 0 Å². The van der Waals surface area contributed by atoms with Crippen molar-refractivity contribution >= 4 is 5.69 Å². The van der Waals surface area contributed by atoms with Crippen molar-refractivity contribution in [1.82, 2.24) is 9.97 Å². The molecule has 0 aliphatic heterocycles.